The highest BCUT2D eigenvalue weighted by Gasteiger charge is 2.45. The molecule has 90 valence electrons. The van der Waals surface area contributed by atoms with Crippen LogP contribution in [0.3, 0.4) is 0 Å². The van der Waals surface area contributed by atoms with E-state index >= 15 is 0 Å². The summed E-state index contributed by atoms with van der Waals surface area (Å²) in [7, 11) is 0. The molecule has 0 radical (unpaired) electrons. The number of carbonyl (C=O) groups excluding carboxylic acids is 1. The van der Waals surface area contributed by atoms with Gasteiger partial charge in [0, 0.05) is 12.1 Å². The van der Waals surface area contributed by atoms with Gasteiger partial charge in [0.05, 0.1) is 0 Å². The number of ether oxygens (including phenoxy) is 1. The van der Waals surface area contributed by atoms with E-state index in [0.717, 1.165) is 12.5 Å². The van der Waals surface area contributed by atoms with Crippen LogP contribution >= 0.6 is 0 Å². The van der Waals surface area contributed by atoms with Crippen LogP contribution in [-0.4, -0.2) is 31.3 Å². The van der Waals surface area contributed by atoms with Crippen LogP contribution in [0.15, 0.2) is 12.7 Å². The van der Waals surface area contributed by atoms with Crippen molar-refractivity contribution in [1.82, 2.24) is 10.6 Å². The largest absolute Gasteiger partial charge is 0.445 e. The molecule has 1 saturated heterocycles. The van der Waals surface area contributed by atoms with E-state index in [1.165, 1.54) is 25.7 Å². The number of hydrogen-bond donors (Lipinski definition) is 2. The fourth-order valence-corrected chi connectivity index (χ4v) is 3.00. The van der Waals surface area contributed by atoms with Gasteiger partial charge in [-0.2, -0.15) is 0 Å². The van der Waals surface area contributed by atoms with Crippen molar-refractivity contribution in [2.75, 3.05) is 19.7 Å². The van der Waals surface area contributed by atoms with Gasteiger partial charge in [-0.1, -0.05) is 19.1 Å². The quantitative estimate of drug-likeness (QED) is 0.710. The molecule has 0 bridgehead atoms. The molecule has 0 aromatic heterocycles. The highest BCUT2D eigenvalue weighted by molar-refractivity contribution is 5.67. The average molecular weight is 224 g/mol. The summed E-state index contributed by atoms with van der Waals surface area (Å²) < 4.78 is 4.90. The first-order chi connectivity index (χ1) is 7.77. The van der Waals surface area contributed by atoms with Crippen molar-refractivity contribution in [2.24, 2.45) is 5.92 Å². The van der Waals surface area contributed by atoms with Gasteiger partial charge in [-0.05, 0) is 31.7 Å². The lowest BCUT2D eigenvalue weighted by molar-refractivity contribution is 0.153. The van der Waals surface area contributed by atoms with Crippen molar-refractivity contribution in [3.05, 3.63) is 12.7 Å². The molecule has 1 heterocycles. The third kappa shape index (κ3) is 2.21. The van der Waals surface area contributed by atoms with Crippen molar-refractivity contribution in [1.29, 1.82) is 0 Å². The zero-order chi connectivity index (χ0) is 11.4. The Morgan fingerprint density at radius 2 is 2.50 bits per heavy atom. The summed E-state index contributed by atoms with van der Waals surface area (Å²) in [6.45, 7) is 5.54. The normalized spacial score (nSPS) is 32.1. The summed E-state index contributed by atoms with van der Waals surface area (Å²) in [4.78, 5) is 11.3. The van der Waals surface area contributed by atoms with Crippen molar-refractivity contribution in [2.45, 2.75) is 31.2 Å². The van der Waals surface area contributed by atoms with Gasteiger partial charge in [-0.3, -0.25) is 0 Å². The maximum Gasteiger partial charge on any atom is 0.407 e. The van der Waals surface area contributed by atoms with Gasteiger partial charge in [0.2, 0.25) is 0 Å². The Morgan fingerprint density at radius 3 is 3.31 bits per heavy atom. The van der Waals surface area contributed by atoms with E-state index in [9.17, 15) is 4.79 Å². The van der Waals surface area contributed by atoms with Crippen molar-refractivity contribution < 1.29 is 9.53 Å². The zero-order valence-electron chi connectivity index (χ0n) is 9.63. The molecule has 1 amide bonds. The molecule has 2 N–H and O–H groups in total. The van der Waals surface area contributed by atoms with Crippen LogP contribution in [0.1, 0.15) is 25.7 Å². The molecule has 0 aromatic carbocycles. The van der Waals surface area contributed by atoms with Gasteiger partial charge >= 0.3 is 6.09 Å². The highest BCUT2D eigenvalue weighted by atomic mass is 16.5. The van der Waals surface area contributed by atoms with Gasteiger partial charge in [-0.15, -0.1) is 0 Å². The molecule has 2 rings (SSSR count). The summed E-state index contributed by atoms with van der Waals surface area (Å²) in [6.07, 6.45) is 6.19. The number of amides is 1. The van der Waals surface area contributed by atoms with Crippen LogP contribution in [0.2, 0.25) is 0 Å². The monoisotopic (exact) mass is 224 g/mol. The zero-order valence-corrected chi connectivity index (χ0v) is 9.63. The van der Waals surface area contributed by atoms with Crippen molar-refractivity contribution >= 4 is 6.09 Å². The van der Waals surface area contributed by atoms with Gasteiger partial charge in [-0.25, -0.2) is 4.79 Å². The van der Waals surface area contributed by atoms with Gasteiger partial charge in [0.25, 0.3) is 0 Å². The first-order valence-electron chi connectivity index (χ1n) is 6.03. The van der Waals surface area contributed by atoms with Crippen molar-refractivity contribution in [3.63, 3.8) is 0 Å². The third-order valence-electron chi connectivity index (χ3n) is 3.81. The molecule has 1 aliphatic carbocycles. The fourth-order valence-electron chi connectivity index (χ4n) is 3.00. The molecule has 2 atom stereocenters. The number of carbonyl (C=O) groups is 1. The summed E-state index contributed by atoms with van der Waals surface area (Å²) in [5.74, 6) is 0.729. The molecule has 2 fully saturated rings. The lowest BCUT2D eigenvalue weighted by Crippen LogP contribution is -2.51. The molecule has 1 saturated carbocycles. The van der Waals surface area contributed by atoms with Gasteiger partial charge in [0.1, 0.15) is 6.61 Å². The van der Waals surface area contributed by atoms with Crippen LogP contribution in [-0.2, 0) is 4.74 Å². The van der Waals surface area contributed by atoms with E-state index < -0.39 is 0 Å². The van der Waals surface area contributed by atoms with Crippen LogP contribution in [0, 0.1) is 5.92 Å². The molecule has 0 spiro atoms. The number of hydrogen-bond acceptors (Lipinski definition) is 3. The van der Waals surface area contributed by atoms with E-state index in [1.807, 2.05) is 0 Å². The molecule has 2 unspecified atom stereocenters. The topological polar surface area (TPSA) is 50.4 Å². The Hall–Kier alpha value is -1.03. The van der Waals surface area contributed by atoms with E-state index in [0.29, 0.717) is 6.54 Å². The highest BCUT2D eigenvalue weighted by Crippen LogP contribution is 2.40. The molecule has 1 aliphatic heterocycles. The van der Waals surface area contributed by atoms with Crippen molar-refractivity contribution in [3.8, 4) is 0 Å². The minimum Gasteiger partial charge on any atom is -0.445 e. The number of alkyl carbamates (subject to hydrolysis) is 1. The molecule has 4 heteroatoms. The van der Waals surface area contributed by atoms with Crippen LogP contribution < -0.4 is 10.6 Å². The Bertz CT molecular complexity index is 268. The minimum absolute atomic E-state index is 0.146. The summed E-state index contributed by atoms with van der Waals surface area (Å²) in [6, 6.07) is 0. The smallest absolute Gasteiger partial charge is 0.407 e. The second-order valence-electron chi connectivity index (χ2n) is 4.70. The van der Waals surface area contributed by atoms with Crippen LogP contribution in [0.5, 0.6) is 0 Å². The first-order valence-corrected chi connectivity index (χ1v) is 6.03. The van der Waals surface area contributed by atoms with E-state index in [2.05, 4.69) is 17.2 Å². The molecular formula is C12H20N2O2. The van der Waals surface area contributed by atoms with Gasteiger partial charge < -0.3 is 15.4 Å². The van der Waals surface area contributed by atoms with Gasteiger partial charge in [0.15, 0.2) is 0 Å². The number of fused-ring (bicyclic) bond motifs is 1. The summed E-state index contributed by atoms with van der Waals surface area (Å²) in [5, 5.41) is 6.40. The molecular weight excluding hydrogens is 204 g/mol. The third-order valence-corrected chi connectivity index (χ3v) is 3.81. The second-order valence-corrected chi connectivity index (χ2v) is 4.70. The molecule has 2 aliphatic rings. The minimum atomic E-state index is -0.339. The van der Waals surface area contributed by atoms with E-state index in [4.69, 9.17) is 4.74 Å². The fraction of sp³-hybridized carbons (Fsp3) is 0.750. The summed E-state index contributed by atoms with van der Waals surface area (Å²) in [5.41, 5.74) is 0.146. The predicted molar refractivity (Wildman–Crippen MR) is 62.2 cm³/mol. The second kappa shape index (κ2) is 4.87. The number of rotatable bonds is 4. The Labute approximate surface area is 96.4 Å². The average Bonchev–Trinajstić information content (AvgIpc) is 2.82. The maximum atomic E-state index is 11.3. The lowest BCUT2D eigenvalue weighted by atomic mass is 9.89. The van der Waals surface area contributed by atoms with E-state index in [-0.39, 0.29) is 18.2 Å². The SMILES string of the molecule is C=CCOC(=O)NCC12CCCC1CCN2. The predicted octanol–water partition coefficient (Wildman–Crippen LogP) is 1.43. The van der Waals surface area contributed by atoms with Crippen LogP contribution in [0.25, 0.3) is 0 Å². The number of nitrogens with one attached hydrogen (secondary N) is 2. The Morgan fingerprint density at radius 1 is 1.62 bits per heavy atom. The first kappa shape index (κ1) is 11.5. The van der Waals surface area contributed by atoms with Crippen LogP contribution in [0.4, 0.5) is 4.79 Å². The lowest BCUT2D eigenvalue weighted by Gasteiger charge is -2.29. The Balaban J connectivity index is 1.80. The Kier molecular flexibility index (Phi) is 3.49. The van der Waals surface area contributed by atoms with E-state index in [1.54, 1.807) is 6.08 Å². The molecule has 16 heavy (non-hydrogen) atoms. The molecule has 4 nitrogen and oxygen atoms in total. The maximum absolute atomic E-state index is 11.3. The standard InChI is InChI=1S/C12H20N2O2/c1-2-8-16-11(15)13-9-12-6-3-4-10(12)5-7-14-12/h2,10,14H,1,3-9H2,(H,13,15). The molecule has 0 aromatic rings. The summed E-state index contributed by atoms with van der Waals surface area (Å²) >= 11 is 0.